The van der Waals surface area contributed by atoms with Gasteiger partial charge in [-0.3, -0.25) is 19.3 Å². The highest BCUT2D eigenvalue weighted by atomic mass is 19.1. The number of piperidine rings is 1. The number of aldehydes is 2. The zero-order valence-electron chi connectivity index (χ0n) is 23.7. The minimum absolute atomic E-state index is 0.00814. The van der Waals surface area contributed by atoms with Crippen LogP contribution in [0.3, 0.4) is 0 Å². The highest BCUT2D eigenvalue weighted by Gasteiger charge is 2.27. The van der Waals surface area contributed by atoms with Crippen molar-refractivity contribution in [3.8, 4) is 0 Å². The Morgan fingerprint density at radius 2 is 1.76 bits per heavy atom. The third-order valence-corrected chi connectivity index (χ3v) is 6.84. The molecule has 1 aromatic carbocycles. The molecule has 0 bridgehead atoms. The molecule has 10 heteroatoms. The molecule has 3 rings (SSSR count). The lowest BCUT2D eigenvalue weighted by molar-refractivity contribution is -0.111. The van der Waals surface area contributed by atoms with Crippen LogP contribution in [-0.2, 0) is 9.59 Å². The molecule has 214 valence electrons. The molecule has 2 heterocycles. The summed E-state index contributed by atoms with van der Waals surface area (Å²) in [5, 5.41) is 5.64. The van der Waals surface area contributed by atoms with E-state index in [0.717, 1.165) is 51.5 Å². The van der Waals surface area contributed by atoms with Crippen LogP contribution in [0, 0.1) is 11.7 Å². The number of likely N-dealkylation sites (N-methyl/N-ethyl adjacent to an activating group) is 1. The molecule has 2 aliphatic heterocycles. The Hall–Kier alpha value is -2.85. The number of hydrogen-bond acceptors (Lipinski definition) is 7. The number of carbonyl (C=O) groups excluding carboxylic acids is 4. The highest BCUT2D eigenvalue weighted by molar-refractivity contribution is 6.03. The lowest BCUT2D eigenvalue weighted by Gasteiger charge is -2.38. The van der Waals surface area contributed by atoms with Crippen molar-refractivity contribution in [3.63, 3.8) is 0 Å². The molecule has 0 saturated carbocycles. The molecule has 2 amide bonds. The molecular weight excluding hydrogens is 489 g/mol. The van der Waals surface area contributed by atoms with Gasteiger partial charge in [-0.15, -0.1) is 0 Å². The topological polar surface area (TPSA) is 102 Å². The molecule has 9 nitrogen and oxygen atoms in total. The van der Waals surface area contributed by atoms with Crippen LogP contribution >= 0.6 is 0 Å². The molecule has 0 aliphatic carbocycles. The Bertz CT molecular complexity index is 871. The monoisotopic (exact) mass is 535 g/mol. The van der Waals surface area contributed by atoms with E-state index in [1.165, 1.54) is 23.8 Å². The number of carbonyl (C=O) groups is 4. The number of anilines is 1. The summed E-state index contributed by atoms with van der Waals surface area (Å²) in [4.78, 5) is 50.9. The van der Waals surface area contributed by atoms with Crippen molar-refractivity contribution in [1.82, 2.24) is 20.4 Å². The van der Waals surface area contributed by atoms with Crippen LogP contribution in [0.25, 0.3) is 0 Å². The van der Waals surface area contributed by atoms with Crippen molar-refractivity contribution in [2.24, 2.45) is 5.92 Å². The predicted molar refractivity (Wildman–Crippen MR) is 149 cm³/mol. The van der Waals surface area contributed by atoms with Crippen LogP contribution in [0.1, 0.15) is 67.2 Å². The molecule has 2 saturated heterocycles. The lowest BCUT2D eigenvalue weighted by Crippen LogP contribution is -2.49. The van der Waals surface area contributed by atoms with E-state index in [1.807, 2.05) is 25.7 Å². The highest BCUT2D eigenvalue weighted by Crippen LogP contribution is 2.26. The average Bonchev–Trinajstić information content (AvgIpc) is 2.97. The fraction of sp³-hybridized carbons (Fsp3) is 0.643. The number of nitrogens with zero attached hydrogens (tertiary/aromatic N) is 3. The lowest BCUT2D eigenvalue weighted by atomic mass is 9.97. The average molecular weight is 536 g/mol. The van der Waals surface area contributed by atoms with E-state index < -0.39 is 17.8 Å². The van der Waals surface area contributed by atoms with E-state index in [-0.39, 0.29) is 11.1 Å². The van der Waals surface area contributed by atoms with Gasteiger partial charge in [-0.2, -0.15) is 0 Å². The minimum atomic E-state index is -0.570. The number of piperazine rings is 1. The first-order valence-electron chi connectivity index (χ1n) is 13.7. The number of nitrogens with one attached hydrogen (secondary N) is 2. The normalized spacial score (nSPS) is 16.6. The van der Waals surface area contributed by atoms with Gasteiger partial charge in [0.05, 0.1) is 17.3 Å². The van der Waals surface area contributed by atoms with Gasteiger partial charge in [0.2, 0.25) is 6.41 Å². The van der Waals surface area contributed by atoms with Gasteiger partial charge in [-0.25, -0.2) is 4.39 Å². The van der Waals surface area contributed by atoms with E-state index >= 15 is 0 Å². The maximum absolute atomic E-state index is 14.9. The summed E-state index contributed by atoms with van der Waals surface area (Å²) in [6.07, 6.45) is 5.55. The Balaban J connectivity index is 0.00000110. The van der Waals surface area contributed by atoms with Gasteiger partial charge >= 0.3 is 0 Å². The minimum Gasteiger partial charge on any atom is -0.367 e. The largest absolute Gasteiger partial charge is 0.367 e. The van der Waals surface area contributed by atoms with E-state index in [0.29, 0.717) is 43.8 Å². The molecule has 2 aliphatic rings. The summed E-state index contributed by atoms with van der Waals surface area (Å²) in [7, 11) is 3.11. The van der Waals surface area contributed by atoms with Crippen LogP contribution in [0.2, 0.25) is 0 Å². The van der Waals surface area contributed by atoms with Gasteiger partial charge in [0.1, 0.15) is 12.1 Å². The van der Waals surface area contributed by atoms with Crippen LogP contribution in [-0.4, -0.2) is 101 Å². The summed E-state index contributed by atoms with van der Waals surface area (Å²) in [5.74, 6) is -0.234. The summed E-state index contributed by atoms with van der Waals surface area (Å²) in [6, 6.07) is 2.05. The van der Waals surface area contributed by atoms with Crippen molar-refractivity contribution in [2.75, 3.05) is 64.8 Å². The molecule has 1 unspecified atom stereocenters. The van der Waals surface area contributed by atoms with Crippen molar-refractivity contribution in [1.29, 1.82) is 0 Å². The summed E-state index contributed by atoms with van der Waals surface area (Å²) in [5.41, 5.74) is 0.486. The molecule has 1 atom stereocenters. The van der Waals surface area contributed by atoms with E-state index in [9.17, 15) is 18.8 Å². The summed E-state index contributed by atoms with van der Waals surface area (Å²) in [6.45, 7) is 12.2. The fourth-order valence-electron chi connectivity index (χ4n) is 4.69. The SMILES string of the molecule is CC.CCCC(C=O)N(C)C(=O)c1cc(N2CCN(CC3CCNCC3)CC2)c(F)cc1C=O.CNC=O. The third kappa shape index (κ3) is 9.79. The van der Waals surface area contributed by atoms with E-state index in [1.54, 1.807) is 14.1 Å². The number of amides is 2. The Kier molecular flexibility index (Phi) is 16.1. The van der Waals surface area contributed by atoms with E-state index in [2.05, 4.69) is 15.5 Å². The molecule has 0 radical (unpaired) electrons. The van der Waals surface area contributed by atoms with Crippen LogP contribution < -0.4 is 15.5 Å². The number of rotatable bonds is 10. The van der Waals surface area contributed by atoms with Gasteiger partial charge < -0.3 is 25.2 Å². The third-order valence-electron chi connectivity index (χ3n) is 6.84. The van der Waals surface area contributed by atoms with Crippen molar-refractivity contribution in [3.05, 3.63) is 29.1 Å². The molecule has 2 fully saturated rings. The van der Waals surface area contributed by atoms with Gasteiger partial charge in [-0.05, 0) is 50.4 Å². The van der Waals surface area contributed by atoms with Crippen LogP contribution in [0.4, 0.5) is 10.1 Å². The first-order valence-corrected chi connectivity index (χ1v) is 13.7. The second kappa shape index (κ2) is 18.4. The summed E-state index contributed by atoms with van der Waals surface area (Å²) < 4.78 is 14.9. The quantitative estimate of drug-likeness (QED) is 0.444. The molecule has 38 heavy (non-hydrogen) atoms. The smallest absolute Gasteiger partial charge is 0.255 e. The van der Waals surface area contributed by atoms with Gasteiger partial charge in [0.15, 0.2) is 6.29 Å². The van der Waals surface area contributed by atoms with Crippen LogP contribution in [0.15, 0.2) is 12.1 Å². The first-order chi connectivity index (χ1) is 18.4. The predicted octanol–water partition coefficient (Wildman–Crippen LogP) is 2.59. The second-order valence-electron chi connectivity index (χ2n) is 9.30. The van der Waals surface area contributed by atoms with Crippen molar-refractivity contribution in [2.45, 2.75) is 52.5 Å². The standard InChI is InChI=1S/C24H35FN4O3.C2H5NO.C2H6/c1-3-4-20(17-31)27(2)24(32)21-14-23(22(25)13-19(21)16-30)29-11-9-28(10-12-29)15-18-5-7-26-8-6-18;1-3-2-4;1-2/h13-14,16-18,20,26H,3-12,15H2,1-2H3;2H,1H3,(H,3,4);1-2H3. The van der Waals surface area contributed by atoms with Crippen molar-refractivity contribution >= 4 is 30.6 Å². The first kappa shape index (κ1) is 33.2. The number of hydrogen-bond donors (Lipinski definition) is 2. The van der Waals surface area contributed by atoms with Crippen molar-refractivity contribution < 1.29 is 23.6 Å². The molecule has 0 aromatic heterocycles. The zero-order chi connectivity index (χ0) is 28.5. The Morgan fingerprint density at radius 1 is 1.16 bits per heavy atom. The maximum Gasteiger partial charge on any atom is 0.255 e. The zero-order valence-corrected chi connectivity index (χ0v) is 23.7. The van der Waals surface area contributed by atoms with Crippen LogP contribution in [0.5, 0.6) is 0 Å². The molecule has 0 spiro atoms. The molecular formula is C28H46FN5O4. The second-order valence-corrected chi connectivity index (χ2v) is 9.30. The molecule has 1 aromatic rings. The molecule has 2 N–H and O–H groups in total. The van der Waals surface area contributed by atoms with Gasteiger partial charge in [-0.1, -0.05) is 27.2 Å². The number of benzene rings is 1. The fourth-order valence-corrected chi connectivity index (χ4v) is 4.69. The van der Waals surface area contributed by atoms with E-state index in [4.69, 9.17) is 4.79 Å². The Labute approximate surface area is 227 Å². The summed E-state index contributed by atoms with van der Waals surface area (Å²) >= 11 is 0. The Morgan fingerprint density at radius 3 is 2.26 bits per heavy atom. The van der Waals surface area contributed by atoms with Gasteiger partial charge in [0.25, 0.3) is 5.91 Å². The number of halogens is 1. The van der Waals surface area contributed by atoms with Gasteiger partial charge in [0, 0.05) is 52.4 Å². The maximum atomic E-state index is 14.9.